The van der Waals surface area contributed by atoms with Crippen molar-refractivity contribution in [3.8, 4) is 0 Å². The highest BCUT2D eigenvalue weighted by Gasteiger charge is 2.25. The molecule has 4 nitrogen and oxygen atoms in total. The van der Waals surface area contributed by atoms with Crippen molar-refractivity contribution in [1.29, 1.82) is 0 Å². The van der Waals surface area contributed by atoms with Crippen LogP contribution in [-0.4, -0.2) is 24.4 Å². The van der Waals surface area contributed by atoms with Crippen molar-refractivity contribution in [2.45, 2.75) is 78.2 Å². The monoisotopic (exact) mass is 296 g/mol. The Morgan fingerprint density at radius 1 is 1.14 bits per heavy atom. The van der Waals surface area contributed by atoms with Gasteiger partial charge in [0.1, 0.15) is 0 Å². The molecule has 21 heavy (non-hydrogen) atoms. The summed E-state index contributed by atoms with van der Waals surface area (Å²) in [6, 6.07) is 0.166. The predicted octanol–water partition coefficient (Wildman–Crippen LogP) is 3.01. The first-order chi connectivity index (χ1) is 10.1. The number of hydrogen-bond acceptors (Lipinski definition) is 2. The van der Waals surface area contributed by atoms with Crippen LogP contribution in [0.2, 0.25) is 0 Å². The fraction of sp³-hybridized carbons (Fsp3) is 0.882. The van der Waals surface area contributed by atoms with Crippen molar-refractivity contribution in [2.75, 3.05) is 6.54 Å². The lowest BCUT2D eigenvalue weighted by molar-refractivity contribution is -0.140. The van der Waals surface area contributed by atoms with E-state index in [1.807, 2.05) is 0 Å². The zero-order chi connectivity index (χ0) is 15.7. The van der Waals surface area contributed by atoms with Crippen LogP contribution in [0.15, 0.2) is 0 Å². The van der Waals surface area contributed by atoms with Crippen molar-refractivity contribution in [3.05, 3.63) is 0 Å². The Bertz CT molecular complexity index is 331. The summed E-state index contributed by atoms with van der Waals surface area (Å²) in [4.78, 5) is 23.8. The molecule has 1 fully saturated rings. The molecule has 3 atom stereocenters. The normalized spacial score (nSPS) is 23.4. The molecule has 1 saturated carbocycles. The third kappa shape index (κ3) is 6.49. The van der Waals surface area contributed by atoms with E-state index in [9.17, 15) is 9.59 Å². The van der Waals surface area contributed by atoms with Crippen LogP contribution in [0.1, 0.15) is 72.1 Å². The molecule has 2 amide bonds. The lowest BCUT2D eigenvalue weighted by atomic mass is 9.86. The highest BCUT2D eigenvalue weighted by atomic mass is 16.2. The Hall–Kier alpha value is -1.06. The summed E-state index contributed by atoms with van der Waals surface area (Å²) in [5.74, 6) is 0.0283. The zero-order valence-electron chi connectivity index (χ0n) is 13.9. The second-order valence-electron chi connectivity index (χ2n) is 6.47. The van der Waals surface area contributed by atoms with Crippen molar-refractivity contribution >= 4 is 11.8 Å². The third-order valence-corrected chi connectivity index (χ3v) is 4.73. The molecule has 2 N–H and O–H groups in total. The minimum atomic E-state index is -0.470. The predicted molar refractivity (Wildman–Crippen MR) is 85.9 cm³/mol. The van der Waals surface area contributed by atoms with Gasteiger partial charge in [-0.15, -0.1) is 0 Å². The summed E-state index contributed by atoms with van der Waals surface area (Å²) < 4.78 is 0. The van der Waals surface area contributed by atoms with Gasteiger partial charge < -0.3 is 10.6 Å². The molecule has 0 aromatic carbocycles. The molecule has 122 valence electrons. The Kier molecular flexibility index (Phi) is 8.40. The van der Waals surface area contributed by atoms with Crippen molar-refractivity contribution in [2.24, 2.45) is 11.8 Å². The van der Waals surface area contributed by atoms with Gasteiger partial charge in [0.05, 0.1) is 0 Å². The number of rotatable bonds is 7. The van der Waals surface area contributed by atoms with Crippen LogP contribution in [0.5, 0.6) is 0 Å². The largest absolute Gasteiger partial charge is 0.348 e. The van der Waals surface area contributed by atoms with E-state index in [2.05, 4.69) is 31.4 Å². The van der Waals surface area contributed by atoms with Gasteiger partial charge in [0.25, 0.3) is 0 Å². The van der Waals surface area contributed by atoms with Crippen LogP contribution in [0, 0.1) is 11.8 Å². The van der Waals surface area contributed by atoms with Crippen molar-refractivity contribution in [1.82, 2.24) is 10.6 Å². The maximum Gasteiger partial charge on any atom is 0.309 e. The molecule has 0 heterocycles. The number of carbonyl (C=O) groups excluding carboxylic acids is 2. The Morgan fingerprint density at radius 2 is 1.86 bits per heavy atom. The SMILES string of the molecule is CCCC[C@H](CC)CNC(=O)C(=O)N[C@@H]1CCCC[C@@H]1C. The van der Waals surface area contributed by atoms with Crippen LogP contribution in [0.25, 0.3) is 0 Å². The van der Waals surface area contributed by atoms with E-state index in [-0.39, 0.29) is 6.04 Å². The van der Waals surface area contributed by atoms with E-state index < -0.39 is 11.8 Å². The molecule has 0 aromatic rings. The van der Waals surface area contributed by atoms with Gasteiger partial charge >= 0.3 is 11.8 Å². The Balaban J connectivity index is 2.31. The standard InChI is InChI=1S/C17H32N2O2/c1-4-6-10-14(5-2)12-18-16(20)17(21)19-15-11-8-7-9-13(15)3/h13-15H,4-12H2,1-3H3,(H,18,20)(H,19,21)/t13-,14-,15+/m0/s1. The van der Waals surface area contributed by atoms with Crippen LogP contribution in [-0.2, 0) is 9.59 Å². The van der Waals surface area contributed by atoms with Crippen molar-refractivity contribution in [3.63, 3.8) is 0 Å². The molecule has 1 aliphatic rings. The molecule has 1 aliphatic carbocycles. The van der Waals surface area contributed by atoms with E-state index in [0.29, 0.717) is 18.4 Å². The summed E-state index contributed by atoms with van der Waals surface area (Å²) in [5.41, 5.74) is 0. The lowest BCUT2D eigenvalue weighted by Gasteiger charge is -2.29. The minimum absolute atomic E-state index is 0.166. The molecule has 4 heteroatoms. The van der Waals surface area contributed by atoms with Gasteiger partial charge in [-0.25, -0.2) is 0 Å². The highest BCUT2D eigenvalue weighted by molar-refractivity contribution is 6.35. The topological polar surface area (TPSA) is 58.2 Å². The average Bonchev–Trinajstić information content (AvgIpc) is 2.49. The minimum Gasteiger partial charge on any atom is -0.348 e. The molecule has 0 saturated heterocycles. The van der Waals surface area contributed by atoms with Gasteiger partial charge in [0, 0.05) is 12.6 Å². The van der Waals surface area contributed by atoms with Gasteiger partial charge in [0.2, 0.25) is 0 Å². The van der Waals surface area contributed by atoms with Gasteiger partial charge in [-0.1, -0.05) is 52.9 Å². The first kappa shape index (κ1) is 18.0. The summed E-state index contributed by atoms with van der Waals surface area (Å²) in [6.07, 6.45) is 9.03. The maximum absolute atomic E-state index is 11.9. The van der Waals surface area contributed by atoms with Gasteiger partial charge in [-0.2, -0.15) is 0 Å². The van der Waals surface area contributed by atoms with Crippen LogP contribution in [0.3, 0.4) is 0 Å². The quantitative estimate of drug-likeness (QED) is 0.710. The summed E-state index contributed by atoms with van der Waals surface area (Å²) in [7, 11) is 0. The highest BCUT2D eigenvalue weighted by Crippen LogP contribution is 2.23. The maximum atomic E-state index is 11.9. The zero-order valence-corrected chi connectivity index (χ0v) is 13.9. The molecule has 0 radical (unpaired) electrons. The summed E-state index contributed by atoms with van der Waals surface area (Å²) in [6.45, 7) is 7.07. The molecule has 0 bridgehead atoms. The van der Waals surface area contributed by atoms with Crippen molar-refractivity contribution < 1.29 is 9.59 Å². The molecule has 1 rings (SSSR count). The van der Waals surface area contributed by atoms with E-state index in [0.717, 1.165) is 32.1 Å². The first-order valence-electron chi connectivity index (χ1n) is 8.67. The first-order valence-corrected chi connectivity index (χ1v) is 8.67. The van der Waals surface area contributed by atoms with Gasteiger partial charge in [0.15, 0.2) is 0 Å². The van der Waals surface area contributed by atoms with Gasteiger partial charge in [-0.3, -0.25) is 9.59 Å². The summed E-state index contributed by atoms with van der Waals surface area (Å²) in [5, 5.41) is 5.70. The van der Waals surface area contributed by atoms with Crippen LogP contribution < -0.4 is 10.6 Å². The van der Waals surface area contributed by atoms with E-state index >= 15 is 0 Å². The second kappa shape index (κ2) is 9.80. The number of amides is 2. The van der Waals surface area contributed by atoms with Crippen LogP contribution in [0.4, 0.5) is 0 Å². The molecule has 0 aromatic heterocycles. The number of hydrogen-bond donors (Lipinski definition) is 2. The smallest absolute Gasteiger partial charge is 0.309 e. The fourth-order valence-electron chi connectivity index (χ4n) is 3.03. The van der Waals surface area contributed by atoms with E-state index in [4.69, 9.17) is 0 Å². The Labute approximate surface area is 129 Å². The molecular weight excluding hydrogens is 264 g/mol. The fourth-order valence-corrected chi connectivity index (χ4v) is 3.03. The number of nitrogens with one attached hydrogen (secondary N) is 2. The second-order valence-corrected chi connectivity index (χ2v) is 6.47. The number of carbonyl (C=O) groups is 2. The molecule has 0 spiro atoms. The van der Waals surface area contributed by atoms with Crippen LogP contribution >= 0.6 is 0 Å². The van der Waals surface area contributed by atoms with Gasteiger partial charge in [-0.05, 0) is 31.1 Å². The van der Waals surface area contributed by atoms with E-state index in [1.54, 1.807) is 0 Å². The number of unbranched alkanes of at least 4 members (excludes halogenated alkanes) is 1. The Morgan fingerprint density at radius 3 is 2.48 bits per heavy atom. The molecular formula is C17H32N2O2. The average molecular weight is 296 g/mol. The third-order valence-electron chi connectivity index (χ3n) is 4.73. The van der Waals surface area contributed by atoms with E-state index in [1.165, 1.54) is 19.3 Å². The lowest BCUT2D eigenvalue weighted by Crippen LogP contribution is -2.48. The molecule has 0 aliphatic heterocycles. The summed E-state index contributed by atoms with van der Waals surface area (Å²) >= 11 is 0. The molecule has 0 unspecified atom stereocenters.